The smallest absolute Gasteiger partial charge is 0.387 e. The minimum atomic E-state index is -2.88. The molecule has 0 bridgehead atoms. The molecule has 0 aliphatic heterocycles. The van der Waals surface area contributed by atoms with Crippen LogP contribution in [0.25, 0.3) is 0 Å². The topological polar surface area (TPSA) is 47.3 Å². The van der Waals surface area contributed by atoms with E-state index >= 15 is 0 Å². The first-order chi connectivity index (χ1) is 8.58. The first-order valence-corrected chi connectivity index (χ1v) is 5.28. The SMILES string of the molecule is Cn1ccnc1C(O)c1cccc(OC(F)F)c1. The largest absolute Gasteiger partial charge is 0.435 e. The molecule has 0 saturated carbocycles. The predicted molar refractivity (Wildman–Crippen MR) is 60.3 cm³/mol. The third-order valence-corrected chi connectivity index (χ3v) is 2.50. The minimum absolute atomic E-state index is 0.00996. The highest BCUT2D eigenvalue weighted by atomic mass is 19.3. The van der Waals surface area contributed by atoms with E-state index in [4.69, 9.17) is 0 Å². The van der Waals surface area contributed by atoms with E-state index in [1.54, 1.807) is 36.1 Å². The summed E-state index contributed by atoms with van der Waals surface area (Å²) in [5.74, 6) is 0.444. The summed E-state index contributed by atoms with van der Waals surface area (Å²) >= 11 is 0. The summed E-state index contributed by atoms with van der Waals surface area (Å²) in [5, 5.41) is 10.1. The molecule has 0 amide bonds. The molecule has 6 heteroatoms. The number of hydrogen-bond acceptors (Lipinski definition) is 3. The number of hydrogen-bond donors (Lipinski definition) is 1. The predicted octanol–water partition coefficient (Wildman–Crippen LogP) is 2.10. The van der Waals surface area contributed by atoms with Gasteiger partial charge in [-0.05, 0) is 17.7 Å². The lowest BCUT2D eigenvalue weighted by atomic mass is 10.1. The number of ether oxygens (including phenoxy) is 1. The number of halogens is 2. The fourth-order valence-electron chi connectivity index (χ4n) is 1.65. The van der Waals surface area contributed by atoms with Crippen molar-refractivity contribution in [1.29, 1.82) is 0 Å². The number of rotatable bonds is 4. The van der Waals surface area contributed by atoms with Crippen LogP contribution < -0.4 is 4.74 Å². The molecular formula is C12H12F2N2O2. The second-order valence-electron chi connectivity index (χ2n) is 3.75. The summed E-state index contributed by atoms with van der Waals surface area (Å²) < 4.78 is 30.1. The first kappa shape index (κ1) is 12.5. The molecule has 0 aliphatic rings. The van der Waals surface area contributed by atoms with Crippen molar-refractivity contribution in [3.8, 4) is 5.75 Å². The van der Waals surface area contributed by atoms with Gasteiger partial charge in [-0.3, -0.25) is 0 Å². The summed E-state index contributed by atoms with van der Waals surface area (Å²) in [6.45, 7) is -2.88. The molecule has 2 aromatic rings. The molecule has 1 atom stereocenters. The number of aryl methyl sites for hydroxylation is 1. The average Bonchev–Trinajstić information content (AvgIpc) is 2.74. The summed E-state index contributed by atoms with van der Waals surface area (Å²) in [6, 6.07) is 5.93. The van der Waals surface area contributed by atoms with E-state index in [0.29, 0.717) is 11.4 Å². The number of alkyl halides is 2. The molecule has 18 heavy (non-hydrogen) atoms. The van der Waals surface area contributed by atoms with Crippen LogP contribution in [-0.4, -0.2) is 21.3 Å². The Morgan fingerprint density at radius 2 is 2.17 bits per heavy atom. The Kier molecular flexibility index (Phi) is 3.57. The molecule has 4 nitrogen and oxygen atoms in total. The highest BCUT2D eigenvalue weighted by Crippen LogP contribution is 2.24. The van der Waals surface area contributed by atoms with Crippen LogP contribution >= 0.6 is 0 Å². The second-order valence-corrected chi connectivity index (χ2v) is 3.75. The maximum Gasteiger partial charge on any atom is 0.387 e. The molecule has 0 aliphatic carbocycles. The van der Waals surface area contributed by atoms with E-state index in [-0.39, 0.29) is 5.75 Å². The summed E-state index contributed by atoms with van der Waals surface area (Å²) in [6.07, 6.45) is 2.27. The van der Waals surface area contributed by atoms with Crippen LogP contribution in [0, 0.1) is 0 Å². The Hall–Kier alpha value is -1.95. The number of imidazole rings is 1. The molecule has 1 aromatic carbocycles. The van der Waals surface area contributed by atoms with Gasteiger partial charge in [0.2, 0.25) is 0 Å². The number of aromatic nitrogens is 2. The maximum atomic E-state index is 12.1. The van der Waals surface area contributed by atoms with Crippen LogP contribution in [0.2, 0.25) is 0 Å². The van der Waals surface area contributed by atoms with Crippen LogP contribution in [0.5, 0.6) is 5.75 Å². The van der Waals surface area contributed by atoms with Gasteiger partial charge in [0.05, 0.1) is 0 Å². The molecule has 0 fully saturated rings. The molecule has 1 unspecified atom stereocenters. The van der Waals surface area contributed by atoms with Crippen LogP contribution in [0.4, 0.5) is 8.78 Å². The Morgan fingerprint density at radius 3 is 2.78 bits per heavy atom. The first-order valence-electron chi connectivity index (χ1n) is 5.28. The van der Waals surface area contributed by atoms with Gasteiger partial charge in [0, 0.05) is 19.4 Å². The van der Waals surface area contributed by atoms with Crippen LogP contribution in [0.1, 0.15) is 17.5 Å². The molecule has 1 heterocycles. The van der Waals surface area contributed by atoms with E-state index in [2.05, 4.69) is 9.72 Å². The molecule has 1 aromatic heterocycles. The Morgan fingerprint density at radius 1 is 1.39 bits per heavy atom. The van der Waals surface area contributed by atoms with E-state index < -0.39 is 12.7 Å². The molecule has 0 spiro atoms. The van der Waals surface area contributed by atoms with Crippen molar-refractivity contribution >= 4 is 0 Å². The van der Waals surface area contributed by atoms with E-state index in [0.717, 1.165) is 0 Å². The second kappa shape index (κ2) is 5.14. The quantitative estimate of drug-likeness (QED) is 0.909. The monoisotopic (exact) mass is 254 g/mol. The van der Waals surface area contributed by atoms with Gasteiger partial charge in [-0.1, -0.05) is 12.1 Å². The van der Waals surface area contributed by atoms with Crippen LogP contribution in [0.3, 0.4) is 0 Å². The van der Waals surface area contributed by atoms with Gasteiger partial charge in [-0.15, -0.1) is 0 Å². The van der Waals surface area contributed by atoms with Crippen LogP contribution in [-0.2, 0) is 7.05 Å². The molecule has 2 rings (SSSR count). The third-order valence-electron chi connectivity index (χ3n) is 2.50. The lowest BCUT2D eigenvalue weighted by molar-refractivity contribution is -0.0499. The van der Waals surface area contributed by atoms with E-state index in [1.807, 2.05) is 0 Å². The van der Waals surface area contributed by atoms with Gasteiger partial charge >= 0.3 is 6.61 Å². The number of nitrogens with zero attached hydrogens (tertiary/aromatic N) is 2. The highest BCUT2D eigenvalue weighted by molar-refractivity contribution is 5.32. The maximum absolute atomic E-state index is 12.1. The highest BCUT2D eigenvalue weighted by Gasteiger charge is 2.16. The molecule has 0 saturated heterocycles. The van der Waals surface area contributed by atoms with Gasteiger partial charge in [0.1, 0.15) is 17.7 Å². The fourth-order valence-corrected chi connectivity index (χ4v) is 1.65. The normalized spacial score (nSPS) is 12.7. The lowest BCUT2D eigenvalue weighted by Gasteiger charge is -2.12. The lowest BCUT2D eigenvalue weighted by Crippen LogP contribution is -2.08. The van der Waals surface area contributed by atoms with Crippen molar-refractivity contribution in [1.82, 2.24) is 9.55 Å². The molecule has 0 radical (unpaired) electrons. The summed E-state index contributed by atoms with van der Waals surface area (Å²) in [4.78, 5) is 4.01. The van der Waals surface area contributed by atoms with Gasteiger partial charge in [0.25, 0.3) is 0 Å². The van der Waals surface area contributed by atoms with Crippen molar-refractivity contribution in [3.05, 3.63) is 48.0 Å². The molecule has 96 valence electrons. The number of aliphatic hydroxyl groups excluding tert-OH is 1. The van der Waals surface area contributed by atoms with E-state index in [1.165, 1.54) is 12.1 Å². The summed E-state index contributed by atoms with van der Waals surface area (Å²) in [7, 11) is 1.74. The van der Waals surface area contributed by atoms with Gasteiger partial charge in [0.15, 0.2) is 0 Å². The summed E-state index contributed by atoms with van der Waals surface area (Å²) in [5.41, 5.74) is 0.447. The average molecular weight is 254 g/mol. The van der Waals surface area contributed by atoms with Crippen LogP contribution in [0.15, 0.2) is 36.7 Å². The number of aliphatic hydroxyl groups is 1. The Balaban J connectivity index is 2.25. The van der Waals surface area contributed by atoms with E-state index in [9.17, 15) is 13.9 Å². The third kappa shape index (κ3) is 2.65. The van der Waals surface area contributed by atoms with Crippen molar-refractivity contribution in [3.63, 3.8) is 0 Å². The fraction of sp³-hybridized carbons (Fsp3) is 0.250. The van der Waals surface area contributed by atoms with Gasteiger partial charge < -0.3 is 14.4 Å². The van der Waals surface area contributed by atoms with Gasteiger partial charge in [-0.2, -0.15) is 8.78 Å². The number of benzene rings is 1. The molecule has 1 N–H and O–H groups in total. The minimum Gasteiger partial charge on any atom is -0.435 e. The van der Waals surface area contributed by atoms with Crippen molar-refractivity contribution in [2.24, 2.45) is 7.05 Å². The Labute approximate surface area is 102 Å². The molecular weight excluding hydrogens is 242 g/mol. The zero-order valence-electron chi connectivity index (χ0n) is 9.62. The van der Waals surface area contributed by atoms with Crippen molar-refractivity contribution in [2.45, 2.75) is 12.7 Å². The zero-order chi connectivity index (χ0) is 13.1. The Bertz CT molecular complexity index is 528. The zero-order valence-corrected chi connectivity index (χ0v) is 9.62. The van der Waals surface area contributed by atoms with Crippen molar-refractivity contribution < 1.29 is 18.6 Å². The standard InChI is InChI=1S/C12H12F2N2O2/c1-16-6-5-15-11(16)10(17)8-3-2-4-9(7-8)18-12(13)14/h2-7,10,12,17H,1H3. The van der Waals surface area contributed by atoms with Crippen molar-refractivity contribution in [2.75, 3.05) is 0 Å². The van der Waals surface area contributed by atoms with Gasteiger partial charge in [-0.25, -0.2) is 4.98 Å².